The van der Waals surface area contributed by atoms with Crippen molar-refractivity contribution in [3.8, 4) is 0 Å². The minimum atomic E-state index is -0.339. The molecule has 15 heavy (non-hydrogen) atoms. The van der Waals surface area contributed by atoms with E-state index in [-0.39, 0.29) is 11.2 Å². The van der Waals surface area contributed by atoms with E-state index < -0.39 is 0 Å². The molecule has 0 aliphatic heterocycles. The molecule has 0 saturated heterocycles. The van der Waals surface area contributed by atoms with Gasteiger partial charge in [-0.2, -0.15) is 5.10 Å². The fourth-order valence-corrected chi connectivity index (χ4v) is 2.38. The van der Waals surface area contributed by atoms with Gasteiger partial charge in [-0.25, -0.2) is 0 Å². The van der Waals surface area contributed by atoms with Crippen LogP contribution in [0.2, 0.25) is 0 Å². The zero-order valence-electron chi connectivity index (χ0n) is 9.50. The van der Waals surface area contributed by atoms with Crippen LogP contribution in [-0.4, -0.2) is 12.0 Å². The highest BCUT2D eigenvalue weighted by molar-refractivity contribution is 7.15. The normalized spacial score (nSPS) is 12.3. The standard InChI is InChI=1S/C11H16N2OS/c1-7-5-8(10(14)11(2,3)4)15-9(7)6-13-12/h5-6H,12H2,1-4H3. The maximum absolute atomic E-state index is 12.0. The molecule has 0 aromatic carbocycles. The van der Waals surface area contributed by atoms with E-state index in [2.05, 4.69) is 5.10 Å². The van der Waals surface area contributed by atoms with Gasteiger partial charge in [0.15, 0.2) is 5.78 Å². The lowest BCUT2D eigenvalue weighted by molar-refractivity contribution is 0.0863. The topological polar surface area (TPSA) is 55.5 Å². The SMILES string of the molecule is Cc1cc(C(=O)C(C)(C)C)sc1C=NN. The highest BCUT2D eigenvalue weighted by Gasteiger charge is 2.24. The van der Waals surface area contributed by atoms with Crippen LogP contribution in [0.1, 0.15) is 40.9 Å². The van der Waals surface area contributed by atoms with E-state index in [9.17, 15) is 4.79 Å². The van der Waals surface area contributed by atoms with Crippen LogP contribution in [-0.2, 0) is 0 Å². The van der Waals surface area contributed by atoms with Gasteiger partial charge in [0.05, 0.1) is 16.0 Å². The molecule has 0 atom stereocenters. The van der Waals surface area contributed by atoms with E-state index >= 15 is 0 Å². The Morgan fingerprint density at radius 3 is 2.60 bits per heavy atom. The summed E-state index contributed by atoms with van der Waals surface area (Å²) in [5, 5.41) is 3.48. The van der Waals surface area contributed by atoms with E-state index in [1.165, 1.54) is 11.3 Å². The first-order valence-corrected chi connectivity index (χ1v) is 5.56. The highest BCUT2D eigenvalue weighted by Crippen LogP contribution is 2.27. The van der Waals surface area contributed by atoms with E-state index in [4.69, 9.17) is 5.84 Å². The average Bonchev–Trinajstić information content (AvgIpc) is 2.46. The Kier molecular flexibility index (Phi) is 3.29. The van der Waals surface area contributed by atoms with Crippen molar-refractivity contribution in [3.05, 3.63) is 21.4 Å². The number of carbonyl (C=O) groups is 1. The highest BCUT2D eigenvalue weighted by atomic mass is 32.1. The summed E-state index contributed by atoms with van der Waals surface area (Å²) in [5.74, 6) is 5.25. The lowest BCUT2D eigenvalue weighted by atomic mass is 9.90. The number of nitrogens with zero attached hydrogens (tertiary/aromatic N) is 1. The molecule has 82 valence electrons. The second-order valence-corrected chi connectivity index (χ2v) is 5.60. The van der Waals surface area contributed by atoms with Crippen molar-refractivity contribution in [1.82, 2.24) is 0 Å². The van der Waals surface area contributed by atoms with Crippen LogP contribution < -0.4 is 5.84 Å². The molecule has 0 spiro atoms. The van der Waals surface area contributed by atoms with Crippen molar-refractivity contribution in [3.63, 3.8) is 0 Å². The van der Waals surface area contributed by atoms with Crippen molar-refractivity contribution >= 4 is 23.3 Å². The quantitative estimate of drug-likeness (QED) is 0.363. The van der Waals surface area contributed by atoms with E-state index in [0.29, 0.717) is 0 Å². The lowest BCUT2D eigenvalue weighted by Crippen LogP contribution is -2.18. The number of Topliss-reactive ketones (excluding diaryl/α,β-unsaturated/α-hetero) is 1. The fraction of sp³-hybridized carbons (Fsp3) is 0.455. The summed E-state index contributed by atoms with van der Waals surface area (Å²) in [4.78, 5) is 13.7. The first kappa shape index (κ1) is 11.9. The Bertz CT molecular complexity index is 399. The van der Waals surface area contributed by atoms with Gasteiger partial charge in [-0.1, -0.05) is 20.8 Å². The minimum Gasteiger partial charge on any atom is -0.323 e. The maximum Gasteiger partial charge on any atom is 0.178 e. The smallest absolute Gasteiger partial charge is 0.178 e. The van der Waals surface area contributed by atoms with Crippen molar-refractivity contribution in [2.45, 2.75) is 27.7 Å². The number of carbonyl (C=O) groups excluding carboxylic acids is 1. The van der Waals surface area contributed by atoms with Gasteiger partial charge in [0.25, 0.3) is 0 Å². The molecular formula is C11H16N2OS. The molecule has 0 aliphatic carbocycles. The summed E-state index contributed by atoms with van der Waals surface area (Å²) in [6, 6.07) is 1.90. The van der Waals surface area contributed by atoms with Crippen LogP contribution in [0.25, 0.3) is 0 Å². The summed E-state index contributed by atoms with van der Waals surface area (Å²) in [7, 11) is 0. The van der Waals surface area contributed by atoms with E-state index in [1.807, 2.05) is 33.8 Å². The van der Waals surface area contributed by atoms with Gasteiger partial charge in [-0.3, -0.25) is 4.79 Å². The second kappa shape index (κ2) is 4.14. The van der Waals surface area contributed by atoms with Gasteiger partial charge in [-0.05, 0) is 18.6 Å². The third kappa shape index (κ3) is 2.65. The summed E-state index contributed by atoms with van der Waals surface area (Å²) in [5.41, 5.74) is 0.704. The first-order chi connectivity index (χ1) is 6.86. The van der Waals surface area contributed by atoms with Crippen LogP contribution in [0.15, 0.2) is 11.2 Å². The Morgan fingerprint density at radius 1 is 1.53 bits per heavy atom. The van der Waals surface area contributed by atoms with Crippen LogP contribution in [0.4, 0.5) is 0 Å². The van der Waals surface area contributed by atoms with Crippen LogP contribution in [0.3, 0.4) is 0 Å². The maximum atomic E-state index is 12.0. The molecule has 1 heterocycles. The average molecular weight is 224 g/mol. The summed E-state index contributed by atoms with van der Waals surface area (Å²) < 4.78 is 0. The molecule has 1 aromatic heterocycles. The predicted molar refractivity (Wildman–Crippen MR) is 64.6 cm³/mol. The van der Waals surface area contributed by atoms with Gasteiger partial charge < -0.3 is 5.84 Å². The largest absolute Gasteiger partial charge is 0.323 e. The zero-order valence-corrected chi connectivity index (χ0v) is 10.3. The number of rotatable bonds is 2. The van der Waals surface area contributed by atoms with Gasteiger partial charge in [-0.15, -0.1) is 11.3 Å². The molecule has 0 unspecified atom stereocenters. The molecule has 2 N–H and O–H groups in total. The molecule has 0 amide bonds. The molecule has 1 rings (SSSR count). The molecule has 0 fully saturated rings. The van der Waals surface area contributed by atoms with Crippen molar-refractivity contribution in [2.75, 3.05) is 0 Å². The Balaban J connectivity index is 3.08. The predicted octanol–water partition coefficient (Wildman–Crippen LogP) is 2.58. The molecule has 0 aliphatic rings. The number of nitrogens with two attached hydrogens (primary N) is 1. The molecular weight excluding hydrogens is 208 g/mol. The first-order valence-electron chi connectivity index (χ1n) is 4.74. The summed E-state index contributed by atoms with van der Waals surface area (Å²) in [6.45, 7) is 7.70. The van der Waals surface area contributed by atoms with Crippen molar-refractivity contribution in [1.29, 1.82) is 0 Å². The fourth-order valence-electron chi connectivity index (χ4n) is 1.17. The summed E-state index contributed by atoms with van der Waals surface area (Å²) >= 11 is 1.44. The lowest BCUT2D eigenvalue weighted by Gasteiger charge is -2.14. The third-order valence-corrected chi connectivity index (χ3v) is 3.22. The van der Waals surface area contributed by atoms with Crippen molar-refractivity contribution in [2.24, 2.45) is 16.4 Å². The Morgan fingerprint density at radius 2 is 2.13 bits per heavy atom. The monoisotopic (exact) mass is 224 g/mol. The van der Waals surface area contributed by atoms with Crippen LogP contribution in [0.5, 0.6) is 0 Å². The van der Waals surface area contributed by atoms with Gasteiger partial charge in [0.1, 0.15) is 0 Å². The number of aryl methyl sites for hydroxylation is 1. The molecule has 0 bridgehead atoms. The number of thiophene rings is 1. The number of hydrogen-bond donors (Lipinski definition) is 1. The third-order valence-electron chi connectivity index (χ3n) is 2.05. The molecule has 3 nitrogen and oxygen atoms in total. The van der Waals surface area contributed by atoms with Gasteiger partial charge in [0.2, 0.25) is 0 Å². The Labute approximate surface area is 94.0 Å². The van der Waals surface area contributed by atoms with Crippen molar-refractivity contribution < 1.29 is 4.79 Å². The minimum absolute atomic E-state index is 0.160. The van der Waals surface area contributed by atoms with E-state index in [0.717, 1.165) is 15.3 Å². The van der Waals surface area contributed by atoms with E-state index in [1.54, 1.807) is 6.21 Å². The summed E-state index contributed by atoms with van der Waals surface area (Å²) in [6.07, 6.45) is 1.58. The van der Waals surface area contributed by atoms with Gasteiger partial charge >= 0.3 is 0 Å². The molecule has 0 saturated carbocycles. The molecule has 0 radical (unpaired) electrons. The molecule has 4 heteroatoms. The zero-order chi connectivity index (χ0) is 11.6. The number of hydrogen-bond acceptors (Lipinski definition) is 4. The number of ketones is 1. The molecule has 1 aromatic rings. The number of hydrazone groups is 1. The van der Waals surface area contributed by atoms with Gasteiger partial charge in [0, 0.05) is 5.41 Å². The van der Waals surface area contributed by atoms with Crippen LogP contribution >= 0.6 is 11.3 Å². The van der Waals surface area contributed by atoms with Crippen LogP contribution in [0, 0.1) is 12.3 Å². The second-order valence-electron chi connectivity index (χ2n) is 4.52. The Hall–Kier alpha value is -1.16.